The number of likely N-dealkylation sites (N-methyl/N-ethyl adjacent to an activating group) is 1. The topological polar surface area (TPSA) is 38.8 Å². The second-order valence-corrected chi connectivity index (χ2v) is 6.16. The van der Waals surface area contributed by atoms with Crippen LogP contribution in [0.1, 0.15) is 24.3 Å². The monoisotopic (exact) mass is 325 g/mol. The van der Waals surface area contributed by atoms with E-state index in [0.717, 1.165) is 24.1 Å². The van der Waals surface area contributed by atoms with Crippen LogP contribution in [-0.4, -0.2) is 27.2 Å². The fraction of sp³-hybridized carbons (Fsp3) is 0.350. The number of nitrogens with zero attached hydrogens (tertiary/aromatic N) is 1. The van der Waals surface area contributed by atoms with Crippen LogP contribution in [-0.2, 0) is 4.79 Å². The minimum absolute atomic E-state index is 0.0794. The van der Waals surface area contributed by atoms with Crippen molar-refractivity contribution in [2.45, 2.75) is 18.8 Å². The van der Waals surface area contributed by atoms with Gasteiger partial charge in [0.2, 0.25) is 5.91 Å². The Kier molecular flexibility index (Phi) is 4.74. The van der Waals surface area contributed by atoms with Gasteiger partial charge in [0.25, 0.3) is 0 Å². The Balaban J connectivity index is 1.88. The number of amides is 1. The zero-order valence-electron chi connectivity index (χ0n) is 14.4. The molecule has 24 heavy (non-hydrogen) atoms. The van der Waals surface area contributed by atoms with E-state index in [1.165, 1.54) is 0 Å². The van der Waals surface area contributed by atoms with Crippen molar-refractivity contribution in [3.63, 3.8) is 0 Å². The van der Waals surface area contributed by atoms with Crippen molar-refractivity contribution in [2.75, 3.05) is 26.2 Å². The van der Waals surface area contributed by atoms with Gasteiger partial charge in [-0.25, -0.2) is 0 Å². The van der Waals surface area contributed by atoms with Gasteiger partial charge in [-0.3, -0.25) is 4.79 Å². The molecule has 1 atom stereocenters. The Morgan fingerprint density at radius 2 is 1.71 bits per heavy atom. The molecule has 126 valence electrons. The third-order valence-corrected chi connectivity index (χ3v) is 4.60. The first-order valence-electron chi connectivity index (χ1n) is 8.20. The molecule has 0 spiro atoms. The largest absolute Gasteiger partial charge is 0.493 e. The van der Waals surface area contributed by atoms with Crippen molar-refractivity contribution in [1.29, 1.82) is 0 Å². The van der Waals surface area contributed by atoms with Gasteiger partial charge in [-0.15, -0.1) is 0 Å². The summed E-state index contributed by atoms with van der Waals surface area (Å²) in [5.41, 5.74) is 1.90. The van der Waals surface area contributed by atoms with Crippen molar-refractivity contribution in [3.8, 4) is 11.5 Å². The van der Waals surface area contributed by atoms with E-state index >= 15 is 0 Å². The first-order chi connectivity index (χ1) is 11.7. The van der Waals surface area contributed by atoms with Crippen LogP contribution in [0.3, 0.4) is 0 Å². The molecule has 0 radical (unpaired) electrons. The quantitative estimate of drug-likeness (QED) is 0.809. The maximum Gasteiger partial charge on any atom is 0.234 e. The number of anilines is 1. The van der Waals surface area contributed by atoms with Crippen LogP contribution in [0.4, 0.5) is 5.69 Å². The van der Waals surface area contributed by atoms with Crippen molar-refractivity contribution in [2.24, 2.45) is 5.92 Å². The molecule has 0 N–H and O–H groups in total. The summed E-state index contributed by atoms with van der Waals surface area (Å²) in [7, 11) is 5.02. The van der Waals surface area contributed by atoms with Gasteiger partial charge >= 0.3 is 0 Å². The van der Waals surface area contributed by atoms with Crippen molar-refractivity contribution in [3.05, 3.63) is 54.1 Å². The summed E-state index contributed by atoms with van der Waals surface area (Å²) in [6, 6.07) is 15.6. The van der Waals surface area contributed by atoms with Crippen LogP contribution in [0.2, 0.25) is 0 Å². The Labute approximate surface area is 143 Å². The number of methoxy groups -OCH3 is 2. The zero-order valence-corrected chi connectivity index (χ0v) is 14.4. The Hall–Kier alpha value is -2.49. The van der Waals surface area contributed by atoms with E-state index in [1.54, 1.807) is 19.1 Å². The Morgan fingerprint density at radius 3 is 2.29 bits per heavy atom. The van der Waals surface area contributed by atoms with Crippen molar-refractivity contribution >= 4 is 11.6 Å². The van der Waals surface area contributed by atoms with Crippen LogP contribution >= 0.6 is 0 Å². The third kappa shape index (κ3) is 3.23. The number of carbonyl (C=O) groups excluding carboxylic acids is 1. The molecule has 0 heterocycles. The fourth-order valence-electron chi connectivity index (χ4n) is 3.08. The molecule has 0 bridgehead atoms. The predicted octanol–water partition coefficient (Wildman–Crippen LogP) is 3.86. The van der Waals surface area contributed by atoms with E-state index in [-0.39, 0.29) is 11.8 Å². The molecule has 1 saturated carbocycles. The second-order valence-electron chi connectivity index (χ2n) is 6.16. The molecule has 0 aliphatic heterocycles. The van der Waals surface area contributed by atoms with E-state index in [0.29, 0.717) is 17.4 Å². The maximum absolute atomic E-state index is 13.1. The molecular weight excluding hydrogens is 302 g/mol. The zero-order chi connectivity index (χ0) is 17.1. The number of benzene rings is 2. The van der Waals surface area contributed by atoms with Crippen LogP contribution < -0.4 is 14.4 Å². The predicted molar refractivity (Wildman–Crippen MR) is 94.9 cm³/mol. The minimum atomic E-state index is -0.0794. The summed E-state index contributed by atoms with van der Waals surface area (Å²) in [5, 5.41) is 0. The molecule has 4 nitrogen and oxygen atoms in total. The molecular formula is C20H23NO3. The van der Waals surface area contributed by atoms with Crippen molar-refractivity contribution in [1.82, 2.24) is 0 Å². The highest BCUT2D eigenvalue weighted by atomic mass is 16.5. The minimum Gasteiger partial charge on any atom is -0.493 e. The summed E-state index contributed by atoms with van der Waals surface area (Å²) in [6.45, 7) is 0. The molecule has 1 aliphatic rings. The van der Waals surface area contributed by atoms with Gasteiger partial charge in [0, 0.05) is 18.8 Å². The highest BCUT2D eigenvalue weighted by molar-refractivity contribution is 5.98. The standard InChI is InChI=1S/C20H23NO3/c1-21(16-11-12-17(23-2)18(13-16)24-3)20(22)19(15-9-10-15)14-7-5-4-6-8-14/h4-8,11-13,15,19H,9-10H2,1-3H3. The lowest BCUT2D eigenvalue weighted by molar-refractivity contribution is -0.120. The Morgan fingerprint density at radius 1 is 1.04 bits per heavy atom. The van der Waals surface area contributed by atoms with Gasteiger partial charge < -0.3 is 14.4 Å². The van der Waals surface area contributed by atoms with Gasteiger partial charge in [0.1, 0.15) is 0 Å². The van der Waals surface area contributed by atoms with Gasteiger partial charge in [0.05, 0.1) is 20.1 Å². The molecule has 4 heteroatoms. The van der Waals surface area contributed by atoms with E-state index in [4.69, 9.17) is 9.47 Å². The normalized spacial score (nSPS) is 14.8. The second kappa shape index (κ2) is 6.95. The highest BCUT2D eigenvalue weighted by Crippen LogP contribution is 2.44. The van der Waals surface area contributed by atoms with E-state index in [1.807, 2.05) is 55.6 Å². The molecule has 1 amide bonds. The average Bonchev–Trinajstić information content (AvgIpc) is 3.46. The summed E-state index contributed by atoms with van der Waals surface area (Å²) < 4.78 is 10.6. The maximum atomic E-state index is 13.1. The van der Waals surface area contributed by atoms with Gasteiger partial charge in [0.15, 0.2) is 11.5 Å². The molecule has 1 unspecified atom stereocenters. The van der Waals surface area contributed by atoms with E-state index < -0.39 is 0 Å². The lowest BCUT2D eigenvalue weighted by Crippen LogP contribution is -2.32. The smallest absolute Gasteiger partial charge is 0.234 e. The lowest BCUT2D eigenvalue weighted by atomic mass is 9.92. The number of carbonyl (C=O) groups is 1. The summed E-state index contributed by atoms with van der Waals surface area (Å²) >= 11 is 0. The van der Waals surface area contributed by atoms with E-state index in [9.17, 15) is 4.79 Å². The average molecular weight is 325 g/mol. The van der Waals surface area contributed by atoms with E-state index in [2.05, 4.69) is 0 Å². The first-order valence-corrected chi connectivity index (χ1v) is 8.20. The summed E-state index contributed by atoms with van der Waals surface area (Å²) in [4.78, 5) is 14.9. The summed E-state index contributed by atoms with van der Waals surface area (Å²) in [5.74, 6) is 1.77. The van der Waals surface area contributed by atoms with Gasteiger partial charge in [-0.1, -0.05) is 30.3 Å². The van der Waals surface area contributed by atoms with Crippen LogP contribution in [0.25, 0.3) is 0 Å². The fourth-order valence-corrected chi connectivity index (χ4v) is 3.08. The van der Waals surface area contributed by atoms with Crippen LogP contribution in [0.15, 0.2) is 48.5 Å². The molecule has 0 saturated heterocycles. The number of hydrogen-bond acceptors (Lipinski definition) is 3. The van der Waals surface area contributed by atoms with Crippen LogP contribution in [0.5, 0.6) is 11.5 Å². The molecule has 2 aromatic carbocycles. The SMILES string of the molecule is COc1ccc(N(C)C(=O)C(c2ccccc2)C2CC2)cc1OC. The molecule has 3 rings (SSSR count). The highest BCUT2D eigenvalue weighted by Gasteiger charge is 2.38. The Bertz CT molecular complexity index is 710. The van der Waals surface area contributed by atoms with Gasteiger partial charge in [-0.2, -0.15) is 0 Å². The van der Waals surface area contributed by atoms with Crippen molar-refractivity contribution < 1.29 is 14.3 Å². The first kappa shape index (κ1) is 16.4. The number of ether oxygens (including phenoxy) is 2. The molecule has 1 fully saturated rings. The number of hydrogen-bond donors (Lipinski definition) is 0. The lowest BCUT2D eigenvalue weighted by Gasteiger charge is -2.25. The van der Waals surface area contributed by atoms with Gasteiger partial charge in [-0.05, 0) is 36.5 Å². The molecule has 0 aromatic heterocycles. The van der Waals surface area contributed by atoms with Crippen LogP contribution in [0, 0.1) is 5.92 Å². The molecule has 1 aliphatic carbocycles. The molecule has 2 aromatic rings. The summed E-state index contributed by atoms with van der Waals surface area (Å²) in [6.07, 6.45) is 2.23. The number of rotatable bonds is 6. The third-order valence-electron chi connectivity index (χ3n) is 4.60.